The molecule has 0 spiro atoms. The zero-order chi connectivity index (χ0) is 32.1. The highest BCUT2D eigenvalue weighted by molar-refractivity contribution is 7.87. The van der Waals surface area contributed by atoms with Crippen LogP contribution in [0.2, 0.25) is 0 Å². The third-order valence-corrected chi connectivity index (χ3v) is 8.93. The van der Waals surface area contributed by atoms with Gasteiger partial charge in [0.15, 0.2) is 23.0 Å². The van der Waals surface area contributed by atoms with E-state index in [4.69, 9.17) is 27.3 Å². The van der Waals surface area contributed by atoms with Crippen LogP contribution in [0.1, 0.15) is 17.5 Å². The summed E-state index contributed by atoms with van der Waals surface area (Å²) in [6, 6.07) is 27.0. The summed E-state index contributed by atoms with van der Waals surface area (Å²) in [5.41, 5.74) is 1.90. The van der Waals surface area contributed by atoms with Crippen LogP contribution in [-0.4, -0.2) is 56.5 Å². The Balaban J connectivity index is 1.17. The Kier molecular flexibility index (Phi) is 12.2. The van der Waals surface area contributed by atoms with Crippen LogP contribution in [0.4, 0.5) is 0 Å². The van der Waals surface area contributed by atoms with Gasteiger partial charge in [-0.1, -0.05) is 59.7 Å². The number of hydrogen-bond donors (Lipinski definition) is 0. The van der Waals surface area contributed by atoms with Crippen molar-refractivity contribution in [1.29, 1.82) is 0 Å². The average molecular weight is 657 g/mol. The van der Waals surface area contributed by atoms with Crippen LogP contribution in [-0.2, 0) is 28.6 Å². The van der Waals surface area contributed by atoms with Crippen LogP contribution in [0.25, 0.3) is 0 Å². The SMILES string of the molecule is Cc1ccc(S(=O)(=O)OCCOc2ccccc2OCCCOc2ccccc2OCCOS(=O)(=O)c2ccc(C)cc2)cc1. The van der Waals surface area contributed by atoms with Crippen LogP contribution in [0.3, 0.4) is 0 Å². The molecule has 0 saturated heterocycles. The van der Waals surface area contributed by atoms with Crippen molar-refractivity contribution in [3.8, 4) is 23.0 Å². The molecule has 4 rings (SSSR count). The summed E-state index contributed by atoms with van der Waals surface area (Å²) < 4.78 is 82.8. The molecule has 10 nitrogen and oxygen atoms in total. The van der Waals surface area contributed by atoms with E-state index in [2.05, 4.69) is 0 Å². The Bertz CT molecular complexity index is 1590. The van der Waals surface area contributed by atoms with Gasteiger partial charge in [0.05, 0.1) is 23.0 Å². The standard InChI is InChI=1S/C33H36O10S2/c1-26-12-16-28(17-13-26)44(34,35)42-24-22-40-32-10-5-3-8-30(32)38-20-7-21-39-31-9-4-6-11-33(31)41-23-25-43-45(36,37)29-18-14-27(2)15-19-29/h3-6,8-19H,7,20-25H2,1-2H3. The molecule has 0 bridgehead atoms. The van der Waals surface area contributed by atoms with E-state index in [1.54, 1.807) is 72.8 Å². The second-order valence-electron chi connectivity index (χ2n) is 9.82. The molecule has 0 aromatic heterocycles. The molecule has 0 atom stereocenters. The van der Waals surface area contributed by atoms with Crippen molar-refractivity contribution < 1.29 is 44.1 Å². The number of ether oxygens (including phenoxy) is 4. The predicted octanol–water partition coefficient (Wildman–Crippen LogP) is 5.72. The number of aryl methyl sites for hydroxylation is 2. The number of rotatable bonds is 18. The van der Waals surface area contributed by atoms with E-state index in [9.17, 15) is 16.8 Å². The number of benzene rings is 4. The first-order chi connectivity index (χ1) is 21.6. The second-order valence-corrected chi connectivity index (χ2v) is 13.0. The van der Waals surface area contributed by atoms with E-state index in [-0.39, 0.29) is 36.2 Å². The fraction of sp³-hybridized carbons (Fsp3) is 0.273. The topological polar surface area (TPSA) is 124 Å². The Labute approximate surface area is 264 Å². The van der Waals surface area contributed by atoms with Gasteiger partial charge in [0.1, 0.15) is 26.4 Å². The van der Waals surface area contributed by atoms with Gasteiger partial charge in [-0.3, -0.25) is 8.37 Å². The summed E-state index contributed by atoms with van der Waals surface area (Å²) in [4.78, 5) is 0.179. The highest BCUT2D eigenvalue weighted by atomic mass is 32.2. The average Bonchev–Trinajstić information content (AvgIpc) is 3.03. The predicted molar refractivity (Wildman–Crippen MR) is 168 cm³/mol. The van der Waals surface area contributed by atoms with Gasteiger partial charge in [-0.05, 0) is 62.4 Å². The fourth-order valence-corrected chi connectivity index (χ4v) is 5.72. The molecule has 0 N–H and O–H groups in total. The maximum Gasteiger partial charge on any atom is 0.297 e. The van der Waals surface area contributed by atoms with Crippen molar-refractivity contribution >= 4 is 20.2 Å². The Morgan fingerprint density at radius 1 is 0.422 bits per heavy atom. The van der Waals surface area contributed by atoms with Crippen LogP contribution >= 0.6 is 0 Å². The molecule has 4 aromatic carbocycles. The Morgan fingerprint density at radius 3 is 1.07 bits per heavy atom. The smallest absolute Gasteiger partial charge is 0.297 e. The van der Waals surface area contributed by atoms with Gasteiger partial charge in [-0.15, -0.1) is 0 Å². The zero-order valence-electron chi connectivity index (χ0n) is 25.1. The largest absolute Gasteiger partial charge is 0.490 e. The molecule has 0 heterocycles. The quantitative estimate of drug-likeness (QED) is 0.0971. The minimum absolute atomic E-state index is 0.00822. The van der Waals surface area contributed by atoms with E-state index in [0.29, 0.717) is 42.6 Å². The first-order valence-electron chi connectivity index (χ1n) is 14.3. The van der Waals surface area contributed by atoms with E-state index in [1.165, 1.54) is 24.3 Å². The first-order valence-corrected chi connectivity index (χ1v) is 17.1. The van der Waals surface area contributed by atoms with E-state index in [0.717, 1.165) is 11.1 Å². The molecular formula is C33H36O10S2. The van der Waals surface area contributed by atoms with E-state index < -0.39 is 20.2 Å². The number of para-hydroxylation sites is 4. The third-order valence-electron chi connectivity index (χ3n) is 6.28. The minimum atomic E-state index is -3.88. The lowest BCUT2D eigenvalue weighted by Gasteiger charge is -2.14. The van der Waals surface area contributed by atoms with Gasteiger partial charge in [-0.25, -0.2) is 0 Å². The second kappa shape index (κ2) is 16.3. The molecule has 0 radical (unpaired) electrons. The maximum absolute atomic E-state index is 12.4. The normalized spacial score (nSPS) is 11.6. The lowest BCUT2D eigenvalue weighted by molar-refractivity contribution is 0.198. The monoisotopic (exact) mass is 656 g/mol. The van der Waals surface area contributed by atoms with Gasteiger partial charge in [0.2, 0.25) is 0 Å². The summed E-state index contributed by atoms with van der Waals surface area (Å²) >= 11 is 0. The van der Waals surface area contributed by atoms with Gasteiger partial charge >= 0.3 is 0 Å². The highest BCUT2D eigenvalue weighted by Gasteiger charge is 2.16. The molecule has 0 unspecified atom stereocenters. The third kappa shape index (κ3) is 10.5. The Hall–Kier alpha value is -4.10. The van der Waals surface area contributed by atoms with Crippen molar-refractivity contribution in [3.63, 3.8) is 0 Å². The fourth-order valence-electron chi connectivity index (χ4n) is 3.94. The summed E-state index contributed by atoms with van der Waals surface area (Å²) in [5, 5.41) is 0. The maximum atomic E-state index is 12.4. The molecule has 240 valence electrons. The van der Waals surface area contributed by atoms with Crippen molar-refractivity contribution in [1.82, 2.24) is 0 Å². The molecule has 4 aromatic rings. The van der Waals surface area contributed by atoms with Crippen LogP contribution in [0.15, 0.2) is 107 Å². The van der Waals surface area contributed by atoms with E-state index >= 15 is 0 Å². The van der Waals surface area contributed by atoms with Crippen LogP contribution in [0.5, 0.6) is 23.0 Å². The molecule has 0 aliphatic heterocycles. The first kappa shape index (κ1) is 33.8. The van der Waals surface area contributed by atoms with Gasteiger partial charge in [-0.2, -0.15) is 16.8 Å². The molecule has 0 aliphatic rings. The van der Waals surface area contributed by atoms with Crippen molar-refractivity contribution in [2.24, 2.45) is 0 Å². The molecule has 45 heavy (non-hydrogen) atoms. The van der Waals surface area contributed by atoms with Gasteiger partial charge in [0, 0.05) is 6.42 Å². The lowest BCUT2D eigenvalue weighted by atomic mass is 10.2. The van der Waals surface area contributed by atoms with E-state index in [1.807, 2.05) is 13.8 Å². The summed E-state index contributed by atoms with van der Waals surface area (Å²) in [6.45, 7) is 4.10. The summed E-state index contributed by atoms with van der Waals surface area (Å²) in [6.07, 6.45) is 0.540. The lowest BCUT2D eigenvalue weighted by Crippen LogP contribution is -2.14. The molecular weight excluding hydrogens is 620 g/mol. The van der Waals surface area contributed by atoms with Gasteiger partial charge in [0.25, 0.3) is 20.2 Å². The summed E-state index contributed by atoms with van der Waals surface area (Å²) in [7, 11) is -7.75. The molecule has 12 heteroatoms. The highest BCUT2D eigenvalue weighted by Crippen LogP contribution is 2.28. The zero-order valence-corrected chi connectivity index (χ0v) is 26.7. The van der Waals surface area contributed by atoms with Crippen LogP contribution in [0, 0.1) is 13.8 Å². The molecule has 0 aliphatic carbocycles. The molecule has 0 saturated carbocycles. The van der Waals surface area contributed by atoms with Crippen molar-refractivity contribution in [2.45, 2.75) is 30.1 Å². The van der Waals surface area contributed by atoms with Gasteiger partial charge < -0.3 is 18.9 Å². The van der Waals surface area contributed by atoms with Crippen molar-refractivity contribution in [2.75, 3.05) is 39.6 Å². The minimum Gasteiger partial charge on any atom is -0.490 e. The Morgan fingerprint density at radius 2 is 0.733 bits per heavy atom. The van der Waals surface area contributed by atoms with Crippen molar-refractivity contribution in [3.05, 3.63) is 108 Å². The number of hydrogen-bond acceptors (Lipinski definition) is 10. The summed E-state index contributed by atoms with van der Waals surface area (Å²) in [5.74, 6) is 1.92. The molecule has 0 fully saturated rings. The molecule has 0 amide bonds. The van der Waals surface area contributed by atoms with Crippen LogP contribution < -0.4 is 18.9 Å².